The van der Waals surface area contributed by atoms with Crippen LogP contribution in [0.4, 0.5) is 0 Å². The van der Waals surface area contributed by atoms with Crippen molar-refractivity contribution in [1.29, 1.82) is 0 Å². The summed E-state index contributed by atoms with van der Waals surface area (Å²) in [5.41, 5.74) is 0.932. The van der Waals surface area contributed by atoms with Crippen LogP contribution in [0, 0.1) is 0 Å². The summed E-state index contributed by atoms with van der Waals surface area (Å²) in [5, 5.41) is 10.8. The minimum absolute atomic E-state index is 0.484. The van der Waals surface area contributed by atoms with E-state index in [1.165, 1.54) is 0 Å². The predicted molar refractivity (Wildman–Crippen MR) is 73.2 cm³/mol. The average molecular weight is 258 g/mol. The number of rotatable bonds is 3. The molecule has 2 heterocycles. The van der Waals surface area contributed by atoms with Crippen LogP contribution in [0.5, 0.6) is 5.75 Å². The number of piperidine rings is 1. The molecule has 1 aliphatic rings. The zero-order chi connectivity index (χ0) is 13.1. The van der Waals surface area contributed by atoms with E-state index in [0.717, 1.165) is 43.1 Å². The van der Waals surface area contributed by atoms with Gasteiger partial charge in [-0.1, -0.05) is 12.1 Å². The number of aromatic amines is 1. The van der Waals surface area contributed by atoms with Gasteiger partial charge in [-0.2, -0.15) is 5.10 Å². The zero-order valence-electron chi connectivity index (χ0n) is 11.0. The van der Waals surface area contributed by atoms with E-state index in [-0.39, 0.29) is 0 Å². The van der Waals surface area contributed by atoms with Gasteiger partial charge in [-0.3, -0.25) is 5.10 Å². The van der Waals surface area contributed by atoms with Crippen LogP contribution in [0.15, 0.2) is 24.3 Å². The summed E-state index contributed by atoms with van der Waals surface area (Å²) in [7, 11) is 1.67. The minimum Gasteiger partial charge on any atom is -0.496 e. The topological polar surface area (TPSA) is 62.8 Å². The van der Waals surface area contributed by atoms with Crippen molar-refractivity contribution in [3.63, 3.8) is 0 Å². The van der Waals surface area contributed by atoms with Crippen molar-refractivity contribution in [3.8, 4) is 17.1 Å². The van der Waals surface area contributed by atoms with E-state index in [9.17, 15) is 0 Å². The molecule has 0 radical (unpaired) electrons. The highest BCUT2D eigenvalue weighted by molar-refractivity contribution is 5.63. The molecule has 2 aromatic rings. The smallest absolute Gasteiger partial charge is 0.184 e. The molecule has 0 amide bonds. The van der Waals surface area contributed by atoms with Crippen LogP contribution in [0.3, 0.4) is 0 Å². The summed E-state index contributed by atoms with van der Waals surface area (Å²) >= 11 is 0. The molecule has 1 aromatic heterocycles. The molecule has 1 saturated heterocycles. The van der Waals surface area contributed by atoms with Crippen molar-refractivity contribution in [1.82, 2.24) is 20.5 Å². The molecule has 1 aromatic carbocycles. The molecule has 100 valence electrons. The van der Waals surface area contributed by atoms with Crippen LogP contribution in [0.1, 0.15) is 24.6 Å². The highest BCUT2D eigenvalue weighted by Crippen LogP contribution is 2.29. The van der Waals surface area contributed by atoms with E-state index in [1.807, 2.05) is 24.3 Å². The van der Waals surface area contributed by atoms with E-state index in [4.69, 9.17) is 4.74 Å². The molecule has 3 rings (SSSR count). The Hall–Kier alpha value is -1.88. The molecule has 0 atom stereocenters. The normalized spacial score (nSPS) is 16.5. The number of H-pyrrole nitrogens is 1. The number of para-hydroxylation sites is 1. The maximum absolute atomic E-state index is 5.35. The number of ether oxygens (including phenoxy) is 1. The van der Waals surface area contributed by atoms with Crippen molar-refractivity contribution in [2.45, 2.75) is 18.8 Å². The first kappa shape index (κ1) is 12.2. The number of aromatic nitrogens is 3. The van der Waals surface area contributed by atoms with Crippen LogP contribution >= 0.6 is 0 Å². The first-order valence-corrected chi connectivity index (χ1v) is 6.65. The van der Waals surface area contributed by atoms with Crippen molar-refractivity contribution in [2.24, 2.45) is 0 Å². The van der Waals surface area contributed by atoms with Crippen molar-refractivity contribution >= 4 is 0 Å². The van der Waals surface area contributed by atoms with Crippen molar-refractivity contribution in [3.05, 3.63) is 30.1 Å². The van der Waals surface area contributed by atoms with Crippen LogP contribution in [0.25, 0.3) is 11.4 Å². The molecule has 0 spiro atoms. The van der Waals surface area contributed by atoms with E-state index in [1.54, 1.807) is 7.11 Å². The summed E-state index contributed by atoms with van der Waals surface area (Å²) in [5.74, 6) is 2.99. The SMILES string of the molecule is COc1ccccc1-c1n[nH]c(C2CCNCC2)n1. The van der Waals surface area contributed by atoms with Gasteiger partial charge in [0.1, 0.15) is 11.6 Å². The lowest BCUT2D eigenvalue weighted by molar-refractivity contribution is 0.416. The highest BCUT2D eigenvalue weighted by atomic mass is 16.5. The molecular weight excluding hydrogens is 240 g/mol. The average Bonchev–Trinajstić information content (AvgIpc) is 2.98. The quantitative estimate of drug-likeness (QED) is 0.883. The monoisotopic (exact) mass is 258 g/mol. The number of hydrogen-bond acceptors (Lipinski definition) is 4. The lowest BCUT2D eigenvalue weighted by atomic mass is 9.98. The third-order valence-corrected chi connectivity index (χ3v) is 3.58. The van der Waals surface area contributed by atoms with Crippen molar-refractivity contribution < 1.29 is 4.74 Å². The van der Waals surface area contributed by atoms with Gasteiger partial charge in [0.2, 0.25) is 0 Å². The summed E-state index contributed by atoms with van der Waals surface area (Å²) in [6.07, 6.45) is 2.22. The molecule has 2 N–H and O–H groups in total. The molecule has 1 fully saturated rings. The summed E-state index contributed by atoms with van der Waals surface area (Å²) in [6, 6.07) is 7.82. The van der Waals surface area contributed by atoms with Gasteiger partial charge in [-0.05, 0) is 38.1 Å². The summed E-state index contributed by atoms with van der Waals surface area (Å²) < 4.78 is 5.35. The fraction of sp³-hybridized carbons (Fsp3) is 0.429. The van der Waals surface area contributed by atoms with Gasteiger partial charge >= 0.3 is 0 Å². The standard InChI is InChI=1S/C14H18N4O/c1-19-12-5-3-2-4-11(12)14-16-13(17-18-14)10-6-8-15-9-7-10/h2-5,10,15H,6-9H2,1H3,(H,16,17,18). The maximum Gasteiger partial charge on any atom is 0.184 e. The predicted octanol–water partition coefficient (Wildman–Crippen LogP) is 1.95. The Morgan fingerprint density at radius 3 is 2.79 bits per heavy atom. The maximum atomic E-state index is 5.35. The lowest BCUT2D eigenvalue weighted by Crippen LogP contribution is -2.27. The molecular formula is C14H18N4O. The Labute approximate surface area is 112 Å². The third kappa shape index (κ3) is 2.46. The number of nitrogens with one attached hydrogen (secondary N) is 2. The number of benzene rings is 1. The Kier molecular flexibility index (Phi) is 3.46. The Bertz CT molecular complexity index is 546. The second kappa shape index (κ2) is 5.40. The fourth-order valence-corrected chi connectivity index (χ4v) is 2.50. The molecule has 5 heteroatoms. The van der Waals surface area contributed by atoms with Crippen molar-refractivity contribution in [2.75, 3.05) is 20.2 Å². The van der Waals surface area contributed by atoms with Crippen LogP contribution < -0.4 is 10.1 Å². The summed E-state index contributed by atoms with van der Waals surface area (Å²) in [4.78, 5) is 4.64. The molecule has 0 saturated carbocycles. The van der Waals surface area contributed by atoms with Gasteiger partial charge in [-0.15, -0.1) is 0 Å². The Morgan fingerprint density at radius 2 is 2.00 bits per heavy atom. The van der Waals surface area contributed by atoms with Crippen LogP contribution in [-0.4, -0.2) is 35.4 Å². The second-order valence-corrected chi connectivity index (χ2v) is 4.77. The first-order chi connectivity index (χ1) is 9.38. The molecule has 5 nitrogen and oxygen atoms in total. The molecule has 0 aliphatic carbocycles. The largest absolute Gasteiger partial charge is 0.496 e. The fourth-order valence-electron chi connectivity index (χ4n) is 2.50. The second-order valence-electron chi connectivity index (χ2n) is 4.77. The van der Waals surface area contributed by atoms with E-state index in [0.29, 0.717) is 11.7 Å². The van der Waals surface area contributed by atoms with Gasteiger partial charge < -0.3 is 10.1 Å². The van der Waals surface area contributed by atoms with E-state index in [2.05, 4.69) is 20.5 Å². The molecule has 19 heavy (non-hydrogen) atoms. The van der Waals surface area contributed by atoms with Crippen LogP contribution in [-0.2, 0) is 0 Å². The summed E-state index contributed by atoms with van der Waals surface area (Å²) in [6.45, 7) is 2.10. The minimum atomic E-state index is 0.484. The lowest BCUT2D eigenvalue weighted by Gasteiger charge is -2.19. The molecule has 0 unspecified atom stereocenters. The highest BCUT2D eigenvalue weighted by Gasteiger charge is 2.20. The van der Waals surface area contributed by atoms with E-state index >= 15 is 0 Å². The van der Waals surface area contributed by atoms with Gasteiger partial charge in [0.25, 0.3) is 0 Å². The number of nitrogens with zero attached hydrogens (tertiary/aromatic N) is 2. The third-order valence-electron chi connectivity index (χ3n) is 3.58. The first-order valence-electron chi connectivity index (χ1n) is 6.65. The number of hydrogen-bond donors (Lipinski definition) is 2. The Morgan fingerprint density at radius 1 is 1.21 bits per heavy atom. The molecule has 1 aliphatic heterocycles. The van der Waals surface area contributed by atoms with Gasteiger partial charge in [0.05, 0.1) is 12.7 Å². The Balaban J connectivity index is 1.88. The van der Waals surface area contributed by atoms with E-state index < -0.39 is 0 Å². The van der Waals surface area contributed by atoms with Gasteiger partial charge in [0, 0.05) is 5.92 Å². The van der Waals surface area contributed by atoms with Gasteiger partial charge in [-0.25, -0.2) is 4.98 Å². The number of methoxy groups -OCH3 is 1. The van der Waals surface area contributed by atoms with Crippen LogP contribution in [0.2, 0.25) is 0 Å². The van der Waals surface area contributed by atoms with Gasteiger partial charge in [0.15, 0.2) is 5.82 Å². The molecule has 0 bridgehead atoms. The zero-order valence-corrected chi connectivity index (χ0v) is 11.0.